The van der Waals surface area contributed by atoms with Gasteiger partial charge >= 0.3 is 0 Å². The lowest BCUT2D eigenvalue weighted by molar-refractivity contribution is -0.141. The molecule has 1 atom stereocenters. The van der Waals surface area contributed by atoms with E-state index < -0.39 is 11.7 Å². The van der Waals surface area contributed by atoms with Gasteiger partial charge in [0.2, 0.25) is 5.91 Å². The molecule has 1 aliphatic heterocycles. The maximum absolute atomic E-state index is 12.3. The number of hydrogen-bond acceptors (Lipinski definition) is 5. The van der Waals surface area contributed by atoms with Crippen molar-refractivity contribution in [1.29, 1.82) is 0 Å². The van der Waals surface area contributed by atoms with Crippen LogP contribution in [-0.2, 0) is 14.4 Å². The molecule has 0 bridgehead atoms. The zero-order valence-electron chi connectivity index (χ0n) is 14.0. The Kier molecular flexibility index (Phi) is 6.42. The molecule has 6 nitrogen and oxygen atoms in total. The van der Waals surface area contributed by atoms with Crippen LogP contribution in [0, 0.1) is 11.3 Å². The zero-order chi connectivity index (χ0) is 17.6. The normalized spacial score (nSPS) is 19.5. The van der Waals surface area contributed by atoms with Crippen molar-refractivity contribution in [1.82, 2.24) is 4.90 Å². The first kappa shape index (κ1) is 18.8. The van der Waals surface area contributed by atoms with Crippen molar-refractivity contribution in [3.05, 3.63) is 24.6 Å². The lowest BCUT2D eigenvalue weighted by atomic mass is 9.88. The Morgan fingerprint density at radius 1 is 1.43 bits per heavy atom. The third-order valence-corrected chi connectivity index (χ3v) is 3.48. The fourth-order valence-electron chi connectivity index (χ4n) is 2.30. The van der Waals surface area contributed by atoms with Gasteiger partial charge in [0.05, 0.1) is 5.70 Å². The predicted molar refractivity (Wildman–Crippen MR) is 89.7 cm³/mol. The zero-order valence-corrected chi connectivity index (χ0v) is 14.0. The number of allylic oxidation sites excluding steroid dienone is 2. The second-order valence-electron chi connectivity index (χ2n) is 6.82. The van der Waals surface area contributed by atoms with Gasteiger partial charge in [-0.1, -0.05) is 27.4 Å². The summed E-state index contributed by atoms with van der Waals surface area (Å²) in [5.74, 6) is -1.52. The van der Waals surface area contributed by atoms with Gasteiger partial charge in [-0.05, 0) is 17.7 Å². The summed E-state index contributed by atoms with van der Waals surface area (Å²) >= 11 is 0. The lowest BCUT2D eigenvalue weighted by Gasteiger charge is -2.33. The summed E-state index contributed by atoms with van der Waals surface area (Å²) in [6.45, 7) is 9.99. The number of likely N-dealkylation sites (tertiary alicyclic amines) is 1. The highest BCUT2D eigenvalue weighted by molar-refractivity contribution is 6.11. The second kappa shape index (κ2) is 7.85. The molecule has 0 radical (unpaired) electrons. The Bertz CT molecular complexity index is 556. The van der Waals surface area contributed by atoms with Gasteiger partial charge in [0.15, 0.2) is 5.78 Å². The minimum absolute atomic E-state index is 0.00781. The third kappa shape index (κ3) is 5.81. The summed E-state index contributed by atoms with van der Waals surface area (Å²) in [4.78, 5) is 42.1. The molecule has 23 heavy (non-hydrogen) atoms. The van der Waals surface area contributed by atoms with Crippen LogP contribution in [0.1, 0.15) is 33.6 Å². The smallest absolute Gasteiger partial charge is 0.223 e. The van der Waals surface area contributed by atoms with Crippen molar-refractivity contribution in [3.63, 3.8) is 0 Å². The minimum Gasteiger partial charge on any atom is -0.405 e. The Hall–Kier alpha value is -2.24. The van der Waals surface area contributed by atoms with Crippen LogP contribution >= 0.6 is 0 Å². The average molecular weight is 319 g/mol. The molecule has 1 saturated heterocycles. The van der Waals surface area contributed by atoms with E-state index in [9.17, 15) is 14.4 Å². The molecule has 0 aliphatic carbocycles. The summed E-state index contributed by atoms with van der Waals surface area (Å²) < 4.78 is 0. The van der Waals surface area contributed by atoms with E-state index in [-0.39, 0.29) is 35.8 Å². The molecule has 0 saturated carbocycles. The standard InChI is InChI=1S/C17H25N3O3/c1-12(19-8-5-7-18)16(23)13-11-20(9-6-14(13)21)15(22)10-17(2,3)4/h5,7-8,13H,1,6,9-11,18H2,2-4H3/b7-5-,19-8?. The molecule has 1 aliphatic rings. The van der Waals surface area contributed by atoms with E-state index in [0.29, 0.717) is 13.0 Å². The highest BCUT2D eigenvalue weighted by atomic mass is 16.2. The second-order valence-corrected chi connectivity index (χ2v) is 6.82. The van der Waals surface area contributed by atoms with Crippen LogP contribution in [-0.4, -0.2) is 41.7 Å². The van der Waals surface area contributed by atoms with Crippen LogP contribution in [0.4, 0.5) is 0 Å². The molecule has 0 spiro atoms. The van der Waals surface area contributed by atoms with E-state index in [1.807, 2.05) is 20.8 Å². The fraction of sp³-hybridized carbons (Fsp3) is 0.529. The van der Waals surface area contributed by atoms with Crippen molar-refractivity contribution in [2.75, 3.05) is 13.1 Å². The number of hydrogen-bond donors (Lipinski definition) is 1. The molecular weight excluding hydrogens is 294 g/mol. The van der Waals surface area contributed by atoms with E-state index >= 15 is 0 Å². The summed E-state index contributed by atoms with van der Waals surface area (Å²) in [6.07, 6.45) is 4.64. The minimum atomic E-state index is -0.876. The maximum atomic E-state index is 12.3. The number of rotatable bonds is 5. The molecule has 126 valence electrons. The molecule has 1 heterocycles. The van der Waals surface area contributed by atoms with Crippen molar-refractivity contribution < 1.29 is 14.4 Å². The predicted octanol–water partition coefficient (Wildman–Crippen LogP) is 1.47. The number of amides is 1. The van der Waals surface area contributed by atoms with E-state index in [1.165, 1.54) is 18.5 Å². The highest BCUT2D eigenvalue weighted by Gasteiger charge is 2.36. The molecule has 1 amide bonds. The van der Waals surface area contributed by atoms with Gasteiger partial charge in [0, 0.05) is 32.1 Å². The monoisotopic (exact) mass is 319 g/mol. The number of nitrogens with zero attached hydrogens (tertiary/aromatic N) is 2. The molecule has 0 aromatic heterocycles. The van der Waals surface area contributed by atoms with Gasteiger partial charge in [0.25, 0.3) is 0 Å². The summed E-state index contributed by atoms with van der Waals surface area (Å²) in [7, 11) is 0. The Labute approximate surface area is 137 Å². The summed E-state index contributed by atoms with van der Waals surface area (Å²) in [5.41, 5.74) is 5.03. The number of carbonyl (C=O) groups is 3. The van der Waals surface area contributed by atoms with E-state index in [2.05, 4.69) is 11.6 Å². The van der Waals surface area contributed by atoms with Gasteiger partial charge in [-0.3, -0.25) is 19.4 Å². The Balaban J connectivity index is 2.78. The largest absolute Gasteiger partial charge is 0.405 e. The van der Waals surface area contributed by atoms with Gasteiger partial charge < -0.3 is 10.6 Å². The first-order valence-corrected chi connectivity index (χ1v) is 7.60. The molecule has 2 N–H and O–H groups in total. The van der Waals surface area contributed by atoms with Crippen LogP contribution in [0.2, 0.25) is 0 Å². The Morgan fingerprint density at radius 2 is 2.09 bits per heavy atom. The molecule has 6 heteroatoms. The van der Waals surface area contributed by atoms with Crippen LogP contribution in [0.3, 0.4) is 0 Å². The molecule has 0 aromatic carbocycles. The van der Waals surface area contributed by atoms with Crippen molar-refractivity contribution >= 4 is 23.7 Å². The number of piperidine rings is 1. The molecule has 0 aromatic rings. The molecule has 1 fully saturated rings. The quantitative estimate of drug-likeness (QED) is 0.472. The fourth-order valence-corrected chi connectivity index (χ4v) is 2.30. The van der Waals surface area contributed by atoms with Gasteiger partial charge in [-0.2, -0.15) is 0 Å². The maximum Gasteiger partial charge on any atom is 0.223 e. The van der Waals surface area contributed by atoms with Gasteiger partial charge in [-0.25, -0.2) is 0 Å². The van der Waals surface area contributed by atoms with Crippen molar-refractivity contribution in [2.24, 2.45) is 22.1 Å². The van der Waals surface area contributed by atoms with E-state index in [4.69, 9.17) is 5.73 Å². The number of carbonyl (C=O) groups excluding carboxylic acids is 3. The van der Waals surface area contributed by atoms with Crippen LogP contribution < -0.4 is 5.73 Å². The van der Waals surface area contributed by atoms with Crippen LogP contribution in [0.5, 0.6) is 0 Å². The first-order chi connectivity index (χ1) is 10.7. The molecular formula is C17H25N3O3. The van der Waals surface area contributed by atoms with E-state index in [0.717, 1.165) is 0 Å². The lowest BCUT2D eigenvalue weighted by Crippen LogP contribution is -2.47. The Morgan fingerprint density at radius 3 is 2.65 bits per heavy atom. The first-order valence-electron chi connectivity index (χ1n) is 7.60. The summed E-state index contributed by atoms with van der Waals surface area (Å²) in [5, 5.41) is 0. The van der Waals surface area contributed by atoms with Crippen molar-refractivity contribution in [3.8, 4) is 0 Å². The third-order valence-electron chi connectivity index (χ3n) is 3.48. The SMILES string of the molecule is C=C(N=C/C=C\N)C(=O)C1CN(C(=O)CC(C)(C)C)CCC1=O. The topological polar surface area (TPSA) is 92.8 Å². The van der Waals surface area contributed by atoms with E-state index in [1.54, 1.807) is 4.90 Å². The number of ketones is 2. The number of nitrogens with two attached hydrogens (primary N) is 1. The molecule has 1 rings (SSSR count). The van der Waals surface area contributed by atoms with Gasteiger partial charge in [-0.15, -0.1) is 0 Å². The summed E-state index contributed by atoms with van der Waals surface area (Å²) in [6, 6.07) is 0. The average Bonchev–Trinajstić information content (AvgIpc) is 2.45. The number of Topliss-reactive ketones (excluding diaryl/α,β-unsaturated/α-hetero) is 2. The van der Waals surface area contributed by atoms with Crippen LogP contribution in [0.15, 0.2) is 29.5 Å². The van der Waals surface area contributed by atoms with Gasteiger partial charge in [0.1, 0.15) is 11.7 Å². The highest BCUT2D eigenvalue weighted by Crippen LogP contribution is 2.23. The number of aliphatic imine (C=N–C) groups is 1. The molecule has 1 unspecified atom stereocenters. The van der Waals surface area contributed by atoms with Crippen molar-refractivity contribution in [2.45, 2.75) is 33.6 Å². The van der Waals surface area contributed by atoms with Crippen LogP contribution in [0.25, 0.3) is 0 Å².